The molecule has 1 aromatic carbocycles. The number of pyridine rings is 1. The fourth-order valence-electron chi connectivity index (χ4n) is 4.22. The number of nitrogens with one attached hydrogen (secondary N) is 1. The predicted octanol–water partition coefficient (Wildman–Crippen LogP) is 3.11. The quantitative estimate of drug-likeness (QED) is 0.693. The van der Waals surface area contributed by atoms with Crippen LogP contribution in [0.5, 0.6) is 0 Å². The van der Waals surface area contributed by atoms with Crippen LogP contribution in [0.4, 0.5) is 11.4 Å². The number of aromatic nitrogens is 1. The molecule has 2 aromatic rings. The molecule has 2 fully saturated rings. The van der Waals surface area contributed by atoms with Gasteiger partial charge in [-0.3, -0.25) is 10.1 Å². The van der Waals surface area contributed by atoms with Gasteiger partial charge in [-0.2, -0.15) is 0 Å². The summed E-state index contributed by atoms with van der Waals surface area (Å²) < 4.78 is 0. The summed E-state index contributed by atoms with van der Waals surface area (Å²) in [5, 5.41) is 16.0. The average molecular weight is 326 g/mol. The first-order valence-corrected chi connectivity index (χ1v) is 8.74. The summed E-state index contributed by atoms with van der Waals surface area (Å²) in [4.78, 5) is 17.6. The largest absolute Gasteiger partial charge is 0.365 e. The molecule has 0 amide bonds. The van der Waals surface area contributed by atoms with Gasteiger partial charge in [0.1, 0.15) is 11.9 Å². The van der Waals surface area contributed by atoms with Gasteiger partial charge in [0, 0.05) is 24.5 Å². The van der Waals surface area contributed by atoms with E-state index in [4.69, 9.17) is 0 Å². The molecule has 4 rings (SSSR count). The molecule has 6 nitrogen and oxygen atoms in total. The number of hydrogen-bond donors (Lipinski definition) is 1. The molecule has 24 heavy (non-hydrogen) atoms. The van der Waals surface area contributed by atoms with E-state index in [0.29, 0.717) is 12.0 Å². The predicted molar refractivity (Wildman–Crippen MR) is 94.4 cm³/mol. The molecular weight excluding hydrogens is 304 g/mol. The van der Waals surface area contributed by atoms with Crippen molar-refractivity contribution in [3.8, 4) is 0 Å². The van der Waals surface area contributed by atoms with E-state index in [0.717, 1.165) is 49.1 Å². The molecule has 0 spiro atoms. The lowest BCUT2D eigenvalue weighted by atomic mass is 9.88. The van der Waals surface area contributed by atoms with E-state index in [9.17, 15) is 10.1 Å². The third-order valence-electron chi connectivity index (χ3n) is 5.45. The van der Waals surface area contributed by atoms with Crippen molar-refractivity contribution in [2.24, 2.45) is 5.92 Å². The summed E-state index contributed by atoms with van der Waals surface area (Å²) in [5.74, 6) is 0.691. The van der Waals surface area contributed by atoms with Crippen molar-refractivity contribution in [3.63, 3.8) is 0 Å². The fraction of sp³-hybridized carbons (Fsp3) is 0.500. The molecule has 3 heterocycles. The molecule has 1 N–H and O–H groups in total. The first-order chi connectivity index (χ1) is 11.7. The summed E-state index contributed by atoms with van der Waals surface area (Å²) >= 11 is 0. The number of anilines is 1. The highest BCUT2D eigenvalue weighted by molar-refractivity contribution is 5.96. The molecule has 2 aliphatic rings. The van der Waals surface area contributed by atoms with Crippen LogP contribution in [0, 0.1) is 16.0 Å². The van der Waals surface area contributed by atoms with Crippen LogP contribution in [0.2, 0.25) is 0 Å². The lowest BCUT2D eigenvalue weighted by Gasteiger charge is -2.36. The molecule has 1 atom stereocenters. The highest BCUT2D eigenvalue weighted by Crippen LogP contribution is 2.37. The van der Waals surface area contributed by atoms with Gasteiger partial charge >= 0.3 is 5.69 Å². The van der Waals surface area contributed by atoms with E-state index in [2.05, 4.69) is 15.2 Å². The second-order valence-corrected chi connectivity index (χ2v) is 6.79. The number of rotatable bonds is 3. The maximum atomic E-state index is 11.5. The zero-order valence-electron chi connectivity index (χ0n) is 13.6. The van der Waals surface area contributed by atoms with Crippen LogP contribution in [0.15, 0.2) is 30.5 Å². The normalized spacial score (nSPS) is 22.2. The molecule has 2 aliphatic heterocycles. The van der Waals surface area contributed by atoms with Crippen molar-refractivity contribution < 1.29 is 4.92 Å². The minimum Gasteiger partial charge on any atom is -0.365 e. The monoisotopic (exact) mass is 326 g/mol. The number of hydrogen-bond acceptors (Lipinski definition) is 5. The Morgan fingerprint density at radius 2 is 2.00 bits per heavy atom. The summed E-state index contributed by atoms with van der Waals surface area (Å²) in [6.45, 7) is 2.88. The highest BCUT2D eigenvalue weighted by Gasteiger charge is 2.31. The Labute approximate surface area is 141 Å². The van der Waals surface area contributed by atoms with Crippen molar-refractivity contribution in [1.29, 1.82) is 0 Å². The fourth-order valence-corrected chi connectivity index (χ4v) is 4.22. The highest BCUT2D eigenvalue weighted by atomic mass is 16.6. The standard InChI is InChI=1S/C18H22N4O2/c23-22(24)17-12-20-16-5-2-1-4-14(16)18(17)21-10-7-13(8-11-21)15-6-3-9-19-15/h1-2,4-5,12-13,15,19H,3,6-11H2. The summed E-state index contributed by atoms with van der Waals surface area (Å²) in [5.41, 5.74) is 1.67. The van der Waals surface area contributed by atoms with Gasteiger partial charge in [-0.05, 0) is 44.2 Å². The van der Waals surface area contributed by atoms with Crippen molar-refractivity contribution in [1.82, 2.24) is 10.3 Å². The molecule has 0 aliphatic carbocycles. The van der Waals surface area contributed by atoms with E-state index in [-0.39, 0.29) is 10.6 Å². The Kier molecular flexibility index (Phi) is 4.06. The zero-order valence-corrected chi connectivity index (χ0v) is 13.6. The van der Waals surface area contributed by atoms with E-state index in [1.54, 1.807) is 0 Å². The minimum absolute atomic E-state index is 0.117. The zero-order chi connectivity index (χ0) is 16.5. The number of benzene rings is 1. The smallest absolute Gasteiger partial charge is 0.311 e. The summed E-state index contributed by atoms with van der Waals surface area (Å²) in [7, 11) is 0. The van der Waals surface area contributed by atoms with Crippen LogP contribution < -0.4 is 10.2 Å². The molecule has 126 valence electrons. The first-order valence-electron chi connectivity index (χ1n) is 8.74. The molecule has 6 heteroatoms. The third kappa shape index (κ3) is 2.71. The van der Waals surface area contributed by atoms with Crippen LogP contribution >= 0.6 is 0 Å². The second-order valence-electron chi connectivity index (χ2n) is 6.79. The number of nitro groups is 1. The number of piperidine rings is 1. The molecule has 2 saturated heterocycles. The van der Waals surface area contributed by atoms with Gasteiger partial charge in [0.2, 0.25) is 0 Å². The SMILES string of the molecule is O=[N+]([O-])c1cnc2ccccc2c1N1CCC(C2CCCN2)CC1. The summed E-state index contributed by atoms with van der Waals surface area (Å²) in [6, 6.07) is 8.33. The molecule has 0 radical (unpaired) electrons. The molecule has 0 bridgehead atoms. The maximum absolute atomic E-state index is 11.5. The topological polar surface area (TPSA) is 71.3 Å². The third-order valence-corrected chi connectivity index (χ3v) is 5.45. The van der Waals surface area contributed by atoms with E-state index >= 15 is 0 Å². The van der Waals surface area contributed by atoms with Gasteiger partial charge in [0.15, 0.2) is 0 Å². The van der Waals surface area contributed by atoms with Crippen LogP contribution in [0.3, 0.4) is 0 Å². The Morgan fingerprint density at radius 1 is 1.21 bits per heavy atom. The van der Waals surface area contributed by atoms with E-state index in [1.165, 1.54) is 19.0 Å². The van der Waals surface area contributed by atoms with Crippen molar-refractivity contribution in [2.45, 2.75) is 31.7 Å². The molecular formula is C18H22N4O2. The Balaban J connectivity index is 1.64. The van der Waals surface area contributed by atoms with Crippen LogP contribution in [-0.4, -0.2) is 35.6 Å². The van der Waals surface area contributed by atoms with Crippen LogP contribution in [0.25, 0.3) is 10.9 Å². The van der Waals surface area contributed by atoms with E-state index in [1.807, 2.05) is 24.3 Å². The summed E-state index contributed by atoms with van der Waals surface area (Å²) in [6.07, 6.45) is 6.12. The van der Waals surface area contributed by atoms with Gasteiger partial charge in [-0.25, -0.2) is 4.98 Å². The van der Waals surface area contributed by atoms with Gasteiger partial charge < -0.3 is 10.2 Å². The van der Waals surface area contributed by atoms with Gasteiger partial charge in [-0.15, -0.1) is 0 Å². The average Bonchev–Trinajstić information content (AvgIpc) is 3.15. The number of para-hydroxylation sites is 1. The van der Waals surface area contributed by atoms with Gasteiger partial charge in [0.25, 0.3) is 0 Å². The van der Waals surface area contributed by atoms with Crippen molar-refractivity contribution in [3.05, 3.63) is 40.6 Å². The van der Waals surface area contributed by atoms with Gasteiger partial charge in [-0.1, -0.05) is 18.2 Å². The lowest BCUT2D eigenvalue weighted by molar-refractivity contribution is -0.384. The number of nitrogens with zero attached hydrogens (tertiary/aromatic N) is 3. The molecule has 1 aromatic heterocycles. The van der Waals surface area contributed by atoms with Crippen LogP contribution in [-0.2, 0) is 0 Å². The minimum atomic E-state index is -0.306. The first kappa shape index (κ1) is 15.3. The lowest BCUT2D eigenvalue weighted by Crippen LogP contribution is -2.41. The van der Waals surface area contributed by atoms with Crippen molar-refractivity contribution in [2.75, 3.05) is 24.5 Å². The number of fused-ring (bicyclic) bond motifs is 1. The van der Waals surface area contributed by atoms with E-state index < -0.39 is 0 Å². The van der Waals surface area contributed by atoms with Crippen molar-refractivity contribution >= 4 is 22.3 Å². The van der Waals surface area contributed by atoms with Gasteiger partial charge in [0.05, 0.1) is 10.4 Å². The Morgan fingerprint density at radius 3 is 2.71 bits per heavy atom. The Hall–Kier alpha value is -2.21. The Bertz CT molecular complexity index is 750. The molecule has 1 unspecified atom stereocenters. The van der Waals surface area contributed by atoms with Crippen LogP contribution in [0.1, 0.15) is 25.7 Å². The molecule has 0 saturated carbocycles. The maximum Gasteiger partial charge on any atom is 0.311 e. The second kappa shape index (κ2) is 6.36.